The van der Waals surface area contributed by atoms with Crippen molar-refractivity contribution in [3.8, 4) is 5.75 Å². The van der Waals surface area contributed by atoms with Crippen LogP contribution in [0.3, 0.4) is 0 Å². The predicted molar refractivity (Wildman–Crippen MR) is 83.8 cm³/mol. The first-order valence-corrected chi connectivity index (χ1v) is 7.61. The van der Waals surface area contributed by atoms with Gasteiger partial charge in [-0.05, 0) is 36.6 Å². The van der Waals surface area contributed by atoms with Gasteiger partial charge in [-0.25, -0.2) is 4.98 Å². The van der Waals surface area contributed by atoms with Gasteiger partial charge in [-0.3, -0.25) is 0 Å². The van der Waals surface area contributed by atoms with Crippen molar-refractivity contribution >= 4 is 15.9 Å². The summed E-state index contributed by atoms with van der Waals surface area (Å²) in [4.78, 5) is 4.01. The lowest BCUT2D eigenvalue weighted by Gasteiger charge is -2.15. The lowest BCUT2D eigenvalue weighted by molar-refractivity contribution is 0.294. The molecule has 2 N–H and O–H groups in total. The molecule has 0 fully saturated rings. The standard InChI is InChI=1S/C15H20BrN3O/c1-2-14(17)10-12-9-13(16)3-4-15(12)20-8-7-19-6-5-18-11-19/h3-6,9,11,14H,2,7-8,10,17H2,1H3. The van der Waals surface area contributed by atoms with Gasteiger partial charge in [-0.1, -0.05) is 22.9 Å². The van der Waals surface area contributed by atoms with E-state index in [1.165, 1.54) is 0 Å². The second kappa shape index (κ2) is 7.45. The molecule has 0 saturated heterocycles. The first-order chi connectivity index (χ1) is 9.69. The highest BCUT2D eigenvalue weighted by Gasteiger charge is 2.09. The maximum Gasteiger partial charge on any atom is 0.122 e. The van der Waals surface area contributed by atoms with E-state index in [4.69, 9.17) is 10.5 Å². The van der Waals surface area contributed by atoms with Crippen LogP contribution in [-0.4, -0.2) is 22.2 Å². The zero-order chi connectivity index (χ0) is 14.4. The molecule has 108 valence electrons. The number of halogens is 1. The number of aromatic nitrogens is 2. The van der Waals surface area contributed by atoms with Crippen LogP contribution in [-0.2, 0) is 13.0 Å². The Morgan fingerprint density at radius 3 is 3.00 bits per heavy atom. The van der Waals surface area contributed by atoms with Crippen LogP contribution in [0.25, 0.3) is 0 Å². The van der Waals surface area contributed by atoms with Gasteiger partial charge in [0.25, 0.3) is 0 Å². The Kier molecular flexibility index (Phi) is 5.61. The predicted octanol–water partition coefficient (Wildman–Crippen LogP) is 3.00. The lowest BCUT2D eigenvalue weighted by Crippen LogP contribution is -2.22. The average Bonchev–Trinajstić information content (AvgIpc) is 2.94. The molecular weight excluding hydrogens is 318 g/mol. The summed E-state index contributed by atoms with van der Waals surface area (Å²) >= 11 is 3.50. The monoisotopic (exact) mass is 337 g/mol. The number of imidazole rings is 1. The van der Waals surface area contributed by atoms with Crippen LogP contribution in [0.5, 0.6) is 5.75 Å². The summed E-state index contributed by atoms with van der Waals surface area (Å²) in [5, 5.41) is 0. The molecule has 1 aromatic carbocycles. The van der Waals surface area contributed by atoms with Gasteiger partial charge in [0.15, 0.2) is 0 Å². The van der Waals surface area contributed by atoms with Crippen molar-refractivity contribution in [2.45, 2.75) is 32.4 Å². The summed E-state index contributed by atoms with van der Waals surface area (Å²) in [5.41, 5.74) is 7.20. The van der Waals surface area contributed by atoms with E-state index in [-0.39, 0.29) is 6.04 Å². The number of hydrogen-bond donors (Lipinski definition) is 1. The number of nitrogens with two attached hydrogens (primary N) is 1. The zero-order valence-corrected chi connectivity index (χ0v) is 13.2. The van der Waals surface area contributed by atoms with E-state index < -0.39 is 0 Å². The number of ether oxygens (including phenoxy) is 1. The van der Waals surface area contributed by atoms with E-state index >= 15 is 0 Å². The molecule has 0 amide bonds. The third-order valence-electron chi connectivity index (χ3n) is 3.20. The minimum atomic E-state index is 0.167. The molecule has 2 aromatic rings. The Balaban J connectivity index is 1.98. The van der Waals surface area contributed by atoms with Crippen LogP contribution in [0.15, 0.2) is 41.4 Å². The second-order valence-corrected chi connectivity index (χ2v) is 5.69. The maximum absolute atomic E-state index is 6.05. The van der Waals surface area contributed by atoms with Crippen LogP contribution in [0, 0.1) is 0 Å². The first kappa shape index (κ1) is 15.1. The molecule has 0 bridgehead atoms. The molecule has 1 heterocycles. The van der Waals surface area contributed by atoms with Crippen LogP contribution >= 0.6 is 15.9 Å². The molecule has 20 heavy (non-hydrogen) atoms. The molecule has 5 heteroatoms. The first-order valence-electron chi connectivity index (χ1n) is 6.81. The molecule has 1 unspecified atom stereocenters. The van der Waals surface area contributed by atoms with Crippen molar-refractivity contribution in [2.75, 3.05) is 6.61 Å². The number of hydrogen-bond acceptors (Lipinski definition) is 3. The minimum absolute atomic E-state index is 0.167. The summed E-state index contributed by atoms with van der Waals surface area (Å²) in [6, 6.07) is 6.24. The molecule has 0 saturated carbocycles. The summed E-state index contributed by atoms with van der Waals surface area (Å²) in [6.07, 6.45) is 7.28. The normalized spacial score (nSPS) is 12.3. The van der Waals surface area contributed by atoms with Gasteiger partial charge in [0.05, 0.1) is 12.9 Å². The molecule has 0 radical (unpaired) electrons. The van der Waals surface area contributed by atoms with Gasteiger partial charge >= 0.3 is 0 Å². The Bertz CT molecular complexity index is 528. The lowest BCUT2D eigenvalue weighted by atomic mass is 10.0. The Hall–Kier alpha value is -1.33. The van der Waals surface area contributed by atoms with Gasteiger partial charge in [-0.15, -0.1) is 0 Å². The Labute approximate surface area is 128 Å². The van der Waals surface area contributed by atoms with E-state index in [0.29, 0.717) is 6.61 Å². The van der Waals surface area contributed by atoms with Crippen molar-refractivity contribution in [3.63, 3.8) is 0 Å². The molecule has 0 aliphatic heterocycles. The van der Waals surface area contributed by atoms with E-state index in [2.05, 4.69) is 33.9 Å². The molecule has 0 aliphatic carbocycles. The van der Waals surface area contributed by atoms with Gasteiger partial charge < -0.3 is 15.0 Å². The molecule has 0 aliphatic rings. The van der Waals surface area contributed by atoms with Crippen LogP contribution in [0.4, 0.5) is 0 Å². The van der Waals surface area contributed by atoms with Gasteiger partial charge in [0, 0.05) is 22.9 Å². The van der Waals surface area contributed by atoms with E-state index in [0.717, 1.165) is 35.2 Å². The van der Waals surface area contributed by atoms with Crippen molar-refractivity contribution in [1.82, 2.24) is 9.55 Å². The number of nitrogens with zero attached hydrogens (tertiary/aromatic N) is 2. The largest absolute Gasteiger partial charge is 0.491 e. The van der Waals surface area contributed by atoms with Crippen LogP contribution < -0.4 is 10.5 Å². The fraction of sp³-hybridized carbons (Fsp3) is 0.400. The maximum atomic E-state index is 6.05. The third-order valence-corrected chi connectivity index (χ3v) is 3.69. The van der Waals surface area contributed by atoms with Crippen LogP contribution in [0.1, 0.15) is 18.9 Å². The average molecular weight is 338 g/mol. The van der Waals surface area contributed by atoms with E-state index in [9.17, 15) is 0 Å². The highest BCUT2D eigenvalue weighted by molar-refractivity contribution is 9.10. The van der Waals surface area contributed by atoms with E-state index in [1.807, 2.05) is 22.9 Å². The molecule has 2 rings (SSSR count). The van der Waals surface area contributed by atoms with Crippen LogP contribution in [0.2, 0.25) is 0 Å². The topological polar surface area (TPSA) is 53.1 Å². The van der Waals surface area contributed by atoms with Gasteiger partial charge in [0.2, 0.25) is 0 Å². The smallest absolute Gasteiger partial charge is 0.122 e. The van der Waals surface area contributed by atoms with Crippen molar-refractivity contribution in [3.05, 3.63) is 47.0 Å². The molecule has 0 spiro atoms. The summed E-state index contributed by atoms with van der Waals surface area (Å²) < 4.78 is 8.94. The van der Waals surface area contributed by atoms with Crippen molar-refractivity contribution in [1.29, 1.82) is 0 Å². The fourth-order valence-corrected chi connectivity index (χ4v) is 2.36. The molecular formula is C15H20BrN3O. The summed E-state index contributed by atoms with van der Waals surface area (Å²) in [6.45, 7) is 3.50. The quantitative estimate of drug-likeness (QED) is 0.844. The van der Waals surface area contributed by atoms with Crippen molar-refractivity contribution in [2.24, 2.45) is 5.73 Å². The SMILES string of the molecule is CCC(N)Cc1cc(Br)ccc1OCCn1ccnc1. The van der Waals surface area contributed by atoms with Gasteiger partial charge in [-0.2, -0.15) is 0 Å². The second-order valence-electron chi connectivity index (χ2n) is 4.77. The Morgan fingerprint density at radius 1 is 1.45 bits per heavy atom. The van der Waals surface area contributed by atoms with Gasteiger partial charge in [0.1, 0.15) is 12.4 Å². The zero-order valence-electron chi connectivity index (χ0n) is 11.6. The minimum Gasteiger partial charge on any atom is -0.491 e. The fourth-order valence-electron chi connectivity index (χ4n) is 1.96. The van der Waals surface area contributed by atoms with Crippen molar-refractivity contribution < 1.29 is 4.74 Å². The highest BCUT2D eigenvalue weighted by atomic mass is 79.9. The molecule has 1 aromatic heterocycles. The summed E-state index contributed by atoms with van der Waals surface area (Å²) in [5.74, 6) is 0.914. The molecule has 4 nitrogen and oxygen atoms in total. The highest BCUT2D eigenvalue weighted by Crippen LogP contribution is 2.24. The molecule has 1 atom stereocenters. The number of rotatable bonds is 7. The number of benzene rings is 1. The Morgan fingerprint density at radius 2 is 2.30 bits per heavy atom. The summed E-state index contributed by atoms with van der Waals surface area (Å²) in [7, 11) is 0. The third kappa shape index (κ3) is 4.35. The van der Waals surface area contributed by atoms with E-state index in [1.54, 1.807) is 12.5 Å².